The van der Waals surface area contributed by atoms with Crippen molar-refractivity contribution >= 4 is 40.6 Å². The SMILES string of the molecule is COc1ccc(/C=N\N=C2/NC(=O)[C@@H](CC(=O)Nc3ccc(F)cc3)S2)cc1. The third-order valence-electron chi connectivity index (χ3n) is 3.75. The Morgan fingerprint density at radius 2 is 1.96 bits per heavy atom. The molecule has 1 fully saturated rings. The highest BCUT2D eigenvalue weighted by molar-refractivity contribution is 8.15. The molecule has 0 aromatic heterocycles. The van der Waals surface area contributed by atoms with Crippen LogP contribution in [-0.4, -0.2) is 35.6 Å². The molecular formula is C19H17FN4O3S. The molecule has 28 heavy (non-hydrogen) atoms. The van der Waals surface area contributed by atoms with Gasteiger partial charge >= 0.3 is 0 Å². The van der Waals surface area contributed by atoms with Gasteiger partial charge in [0.15, 0.2) is 5.17 Å². The third kappa shape index (κ3) is 5.40. The number of nitrogens with one attached hydrogen (secondary N) is 2. The van der Waals surface area contributed by atoms with Crippen LogP contribution in [0.5, 0.6) is 5.75 Å². The molecule has 144 valence electrons. The number of methoxy groups -OCH3 is 1. The molecule has 9 heteroatoms. The fraction of sp³-hybridized carbons (Fsp3) is 0.158. The van der Waals surface area contributed by atoms with Crippen molar-refractivity contribution in [2.24, 2.45) is 10.2 Å². The maximum absolute atomic E-state index is 12.9. The smallest absolute Gasteiger partial charge is 0.240 e. The topological polar surface area (TPSA) is 92.2 Å². The summed E-state index contributed by atoms with van der Waals surface area (Å²) in [6.07, 6.45) is 1.52. The Balaban J connectivity index is 1.53. The lowest BCUT2D eigenvalue weighted by atomic mass is 10.2. The normalized spacial score (nSPS) is 17.7. The zero-order chi connectivity index (χ0) is 19.9. The van der Waals surface area contributed by atoms with E-state index in [1.165, 1.54) is 24.3 Å². The number of rotatable bonds is 6. The van der Waals surface area contributed by atoms with Crippen LogP contribution in [0.3, 0.4) is 0 Å². The van der Waals surface area contributed by atoms with E-state index in [1.54, 1.807) is 25.5 Å². The Kier molecular flexibility index (Phi) is 6.38. The highest BCUT2D eigenvalue weighted by Gasteiger charge is 2.32. The molecule has 0 saturated carbocycles. The summed E-state index contributed by atoms with van der Waals surface area (Å²) in [7, 11) is 1.59. The van der Waals surface area contributed by atoms with Gasteiger partial charge in [-0.2, -0.15) is 5.10 Å². The molecule has 1 aliphatic rings. The third-order valence-corrected chi connectivity index (χ3v) is 4.82. The zero-order valence-electron chi connectivity index (χ0n) is 14.9. The van der Waals surface area contributed by atoms with Crippen molar-refractivity contribution in [2.45, 2.75) is 11.7 Å². The van der Waals surface area contributed by atoms with Crippen LogP contribution in [0.4, 0.5) is 10.1 Å². The molecule has 0 aliphatic carbocycles. The van der Waals surface area contributed by atoms with E-state index in [0.29, 0.717) is 10.9 Å². The maximum Gasteiger partial charge on any atom is 0.240 e. The summed E-state index contributed by atoms with van der Waals surface area (Å²) in [6.45, 7) is 0. The number of amidine groups is 1. The summed E-state index contributed by atoms with van der Waals surface area (Å²) < 4.78 is 18.0. The lowest BCUT2D eigenvalue weighted by Crippen LogP contribution is -2.28. The summed E-state index contributed by atoms with van der Waals surface area (Å²) in [4.78, 5) is 24.1. The molecule has 1 saturated heterocycles. The molecule has 1 atom stereocenters. The number of benzene rings is 2. The standard InChI is InChI=1S/C19H17FN4O3S/c1-27-15-8-2-12(3-9-15)11-21-24-19-23-18(26)16(28-19)10-17(25)22-14-6-4-13(20)5-7-14/h2-9,11,16H,10H2,1H3,(H,22,25)(H,23,24,26)/b21-11-/t16-/m1/s1. The Bertz CT molecular complexity index is 914. The summed E-state index contributed by atoms with van der Waals surface area (Å²) in [5.41, 5.74) is 1.29. The van der Waals surface area contributed by atoms with Gasteiger partial charge in [-0.15, -0.1) is 5.10 Å². The summed E-state index contributed by atoms with van der Waals surface area (Å²) in [5.74, 6) is -0.302. The molecule has 1 aliphatic heterocycles. The van der Waals surface area contributed by atoms with Gasteiger partial charge in [0.05, 0.1) is 13.3 Å². The molecule has 1 heterocycles. The Hall–Kier alpha value is -3.20. The van der Waals surface area contributed by atoms with Crippen LogP contribution >= 0.6 is 11.8 Å². The second kappa shape index (κ2) is 9.14. The minimum Gasteiger partial charge on any atom is -0.497 e. The van der Waals surface area contributed by atoms with Gasteiger partial charge in [-0.25, -0.2) is 4.39 Å². The first-order valence-corrected chi connectivity index (χ1v) is 9.19. The number of nitrogens with zero attached hydrogens (tertiary/aromatic N) is 2. The number of hydrogen-bond donors (Lipinski definition) is 2. The molecule has 2 aromatic rings. The predicted molar refractivity (Wildman–Crippen MR) is 107 cm³/mol. The van der Waals surface area contributed by atoms with Crippen molar-refractivity contribution in [3.05, 3.63) is 59.9 Å². The summed E-state index contributed by atoms with van der Waals surface area (Å²) in [6, 6.07) is 12.7. The number of carbonyl (C=O) groups is 2. The molecule has 0 unspecified atom stereocenters. The van der Waals surface area contributed by atoms with E-state index >= 15 is 0 Å². The largest absolute Gasteiger partial charge is 0.497 e. The van der Waals surface area contributed by atoms with Gasteiger partial charge in [0.1, 0.15) is 16.8 Å². The van der Waals surface area contributed by atoms with Gasteiger partial charge in [0.2, 0.25) is 11.8 Å². The molecule has 2 N–H and O–H groups in total. The first-order valence-electron chi connectivity index (χ1n) is 8.31. The van der Waals surface area contributed by atoms with E-state index in [0.717, 1.165) is 23.1 Å². The van der Waals surface area contributed by atoms with Crippen molar-refractivity contribution in [3.8, 4) is 5.75 Å². The number of halogens is 1. The van der Waals surface area contributed by atoms with E-state index < -0.39 is 5.25 Å². The number of anilines is 1. The summed E-state index contributed by atoms with van der Waals surface area (Å²) in [5, 5.41) is 12.9. The fourth-order valence-electron chi connectivity index (χ4n) is 2.34. The number of amides is 2. The van der Waals surface area contributed by atoms with Gasteiger partial charge in [0, 0.05) is 12.1 Å². The first kappa shape index (κ1) is 19.6. The second-order valence-electron chi connectivity index (χ2n) is 5.78. The average molecular weight is 400 g/mol. The molecule has 0 bridgehead atoms. The van der Waals surface area contributed by atoms with Crippen molar-refractivity contribution in [3.63, 3.8) is 0 Å². The van der Waals surface area contributed by atoms with E-state index in [9.17, 15) is 14.0 Å². The van der Waals surface area contributed by atoms with Crippen LogP contribution in [0.25, 0.3) is 0 Å². The molecule has 0 spiro atoms. The van der Waals surface area contributed by atoms with Crippen molar-refractivity contribution in [1.82, 2.24) is 5.32 Å². The minimum absolute atomic E-state index is 0.0326. The van der Waals surface area contributed by atoms with E-state index in [4.69, 9.17) is 4.74 Å². The fourth-order valence-corrected chi connectivity index (χ4v) is 3.26. The molecule has 7 nitrogen and oxygen atoms in total. The Morgan fingerprint density at radius 1 is 1.25 bits per heavy atom. The highest BCUT2D eigenvalue weighted by atomic mass is 32.2. The van der Waals surface area contributed by atoms with Crippen LogP contribution < -0.4 is 15.4 Å². The zero-order valence-corrected chi connectivity index (χ0v) is 15.7. The number of thioether (sulfide) groups is 1. The average Bonchev–Trinajstić information content (AvgIpc) is 3.03. The van der Waals surface area contributed by atoms with E-state index in [-0.39, 0.29) is 24.1 Å². The van der Waals surface area contributed by atoms with Crippen LogP contribution in [-0.2, 0) is 9.59 Å². The molecule has 2 aromatic carbocycles. The molecular weight excluding hydrogens is 383 g/mol. The van der Waals surface area contributed by atoms with Gasteiger partial charge in [-0.05, 0) is 54.1 Å². The first-order chi connectivity index (χ1) is 13.5. The maximum atomic E-state index is 12.9. The monoisotopic (exact) mass is 400 g/mol. The minimum atomic E-state index is -0.601. The highest BCUT2D eigenvalue weighted by Crippen LogP contribution is 2.23. The van der Waals surface area contributed by atoms with Crippen LogP contribution in [0.1, 0.15) is 12.0 Å². The van der Waals surface area contributed by atoms with Crippen LogP contribution in [0.15, 0.2) is 58.7 Å². The number of hydrogen-bond acceptors (Lipinski definition) is 6. The number of ether oxygens (including phenoxy) is 1. The van der Waals surface area contributed by atoms with Gasteiger partial charge in [-0.1, -0.05) is 11.8 Å². The lowest BCUT2D eigenvalue weighted by Gasteiger charge is -2.07. The molecule has 3 rings (SSSR count). The number of carbonyl (C=O) groups excluding carboxylic acids is 2. The van der Waals surface area contributed by atoms with Crippen molar-refractivity contribution in [2.75, 3.05) is 12.4 Å². The quantitative estimate of drug-likeness (QED) is 0.576. The lowest BCUT2D eigenvalue weighted by molar-refractivity contribution is -0.122. The molecule has 0 radical (unpaired) electrons. The van der Waals surface area contributed by atoms with Crippen LogP contribution in [0.2, 0.25) is 0 Å². The van der Waals surface area contributed by atoms with Gasteiger partial charge in [0.25, 0.3) is 0 Å². The Morgan fingerprint density at radius 3 is 2.64 bits per heavy atom. The summed E-state index contributed by atoms with van der Waals surface area (Å²) >= 11 is 1.14. The van der Waals surface area contributed by atoms with E-state index in [2.05, 4.69) is 20.8 Å². The molecule has 2 amide bonds. The van der Waals surface area contributed by atoms with Crippen LogP contribution in [0, 0.1) is 5.82 Å². The van der Waals surface area contributed by atoms with Gasteiger partial charge < -0.3 is 15.4 Å². The van der Waals surface area contributed by atoms with Crippen molar-refractivity contribution in [1.29, 1.82) is 0 Å². The second-order valence-corrected chi connectivity index (χ2v) is 6.97. The Labute approximate surface area is 165 Å². The van der Waals surface area contributed by atoms with E-state index in [1.807, 2.05) is 12.1 Å². The van der Waals surface area contributed by atoms with Crippen molar-refractivity contribution < 1.29 is 18.7 Å². The van der Waals surface area contributed by atoms with Gasteiger partial charge in [-0.3, -0.25) is 9.59 Å². The predicted octanol–water partition coefficient (Wildman–Crippen LogP) is 2.78.